The molecule has 126 valence electrons. The second-order valence-corrected chi connectivity index (χ2v) is 5.60. The minimum atomic E-state index is -0.467. The molecule has 0 heterocycles. The minimum absolute atomic E-state index is 0.0916. The van der Waals surface area contributed by atoms with E-state index in [1.165, 1.54) is 6.07 Å². The molecular formula is C17H19N3O3S. The molecule has 0 aliphatic rings. The van der Waals surface area contributed by atoms with Crippen molar-refractivity contribution in [3.63, 3.8) is 0 Å². The number of nitro benzene ring substituents is 1. The third-order valence-electron chi connectivity index (χ3n) is 3.58. The fourth-order valence-corrected chi connectivity index (χ4v) is 2.41. The van der Waals surface area contributed by atoms with Crippen molar-refractivity contribution in [3.05, 3.63) is 57.6 Å². The first kappa shape index (κ1) is 17.7. The van der Waals surface area contributed by atoms with Crippen LogP contribution in [0, 0.1) is 24.0 Å². The Kier molecular flexibility index (Phi) is 5.70. The van der Waals surface area contributed by atoms with Gasteiger partial charge in [0.05, 0.1) is 17.6 Å². The highest BCUT2D eigenvalue weighted by molar-refractivity contribution is 7.80. The van der Waals surface area contributed by atoms with Crippen molar-refractivity contribution < 1.29 is 9.66 Å². The van der Waals surface area contributed by atoms with Crippen molar-refractivity contribution in [1.82, 2.24) is 0 Å². The SMILES string of the molecule is CCOc1ccc(NC(=S)Nc2cccc(C)c2C)c([N+](=O)[O-])c1. The summed E-state index contributed by atoms with van der Waals surface area (Å²) in [6.07, 6.45) is 0. The van der Waals surface area contributed by atoms with Gasteiger partial charge in [-0.05, 0) is 62.3 Å². The van der Waals surface area contributed by atoms with Crippen molar-refractivity contribution in [2.75, 3.05) is 17.2 Å². The smallest absolute Gasteiger partial charge is 0.296 e. The molecule has 2 rings (SSSR count). The van der Waals surface area contributed by atoms with E-state index in [1.807, 2.05) is 39.0 Å². The summed E-state index contributed by atoms with van der Waals surface area (Å²) in [5.41, 5.74) is 3.29. The van der Waals surface area contributed by atoms with Crippen LogP contribution in [0.1, 0.15) is 18.1 Å². The number of hydrogen-bond donors (Lipinski definition) is 2. The van der Waals surface area contributed by atoms with Gasteiger partial charge in [0.25, 0.3) is 5.69 Å². The summed E-state index contributed by atoms with van der Waals surface area (Å²) in [6.45, 7) is 6.26. The lowest BCUT2D eigenvalue weighted by Gasteiger charge is -2.14. The number of thiocarbonyl (C=S) groups is 1. The summed E-state index contributed by atoms with van der Waals surface area (Å²) in [4.78, 5) is 10.8. The molecule has 7 heteroatoms. The fourth-order valence-electron chi connectivity index (χ4n) is 2.19. The van der Waals surface area contributed by atoms with E-state index in [2.05, 4.69) is 10.6 Å². The minimum Gasteiger partial charge on any atom is -0.494 e. The van der Waals surface area contributed by atoms with Crippen molar-refractivity contribution in [3.8, 4) is 5.75 Å². The molecule has 0 saturated carbocycles. The second-order valence-electron chi connectivity index (χ2n) is 5.20. The Labute approximate surface area is 146 Å². The third-order valence-corrected chi connectivity index (χ3v) is 3.78. The molecule has 0 radical (unpaired) electrons. The number of hydrogen-bond acceptors (Lipinski definition) is 4. The Bertz CT molecular complexity index is 778. The standard InChI is InChI=1S/C17H19N3O3S/c1-4-23-13-8-9-15(16(10-13)20(21)22)19-17(24)18-14-7-5-6-11(2)12(14)3/h5-10H,4H2,1-3H3,(H2,18,19,24). The van der Waals surface area contributed by atoms with Gasteiger partial charge in [-0.1, -0.05) is 12.1 Å². The second kappa shape index (κ2) is 7.74. The van der Waals surface area contributed by atoms with Gasteiger partial charge in [-0.2, -0.15) is 0 Å². The van der Waals surface area contributed by atoms with Gasteiger partial charge in [-0.3, -0.25) is 10.1 Å². The molecule has 0 aliphatic heterocycles. The molecule has 0 bridgehead atoms. The van der Waals surface area contributed by atoms with Crippen LogP contribution in [0.4, 0.5) is 17.1 Å². The van der Waals surface area contributed by atoms with E-state index in [1.54, 1.807) is 12.1 Å². The topological polar surface area (TPSA) is 76.4 Å². The highest BCUT2D eigenvalue weighted by atomic mass is 32.1. The van der Waals surface area contributed by atoms with Gasteiger partial charge in [-0.25, -0.2) is 0 Å². The summed E-state index contributed by atoms with van der Waals surface area (Å²) in [7, 11) is 0. The molecule has 2 aromatic rings. The molecule has 0 fully saturated rings. The molecule has 0 aliphatic carbocycles. The van der Waals surface area contributed by atoms with Gasteiger partial charge in [0.15, 0.2) is 5.11 Å². The maximum Gasteiger partial charge on any atom is 0.296 e. The number of rotatable bonds is 5. The van der Waals surface area contributed by atoms with Gasteiger partial charge in [-0.15, -0.1) is 0 Å². The van der Waals surface area contributed by atoms with Gasteiger partial charge >= 0.3 is 0 Å². The van der Waals surface area contributed by atoms with Crippen LogP contribution in [0.25, 0.3) is 0 Å². The maximum atomic E-state index is 11.3. The number of ether oxygens (including phenoxy) is 1. The van der Waals surface area contributed by atoms with Crippen LogP contribution in [0.2, 0.25) is 0 Å². The van der Waals surface area contributed by atoms with E-state index in [0.717, 1.165) is 16.8 Å². The first-order chi connectivity index (χ1) is 11.4. The van der Waals surface area contributed by atoms with Gasteiger partial charge in [0, 0.05) is 5.69 Å². The quantitative estimate of drug-likeness (QED) is 0.475. The summed E-state index contributed by atoms with van der Waals surface area (Å²) in [5, 5.41) is 17.5. The summed E-state index contributed by atoms with van der Waals surface area (Å²) >= 11 is 5.28. The number of benzene rings is 2. The highest BCUT2D eigenvalue weighted by Gasteiger charge is 2.16. The third kappa shape index (κ3) is 4.20. The molecule has 0 aromatic heterocycles. The monoisotopic (exact) mass is 345 g/mol. The Morgan fingerprint density at radius 2 is 1.92 bits per heavy atom. The molecule has 0 spiro atoms. The van der Waals surface area contributed by atoms with Crippen LogP contribution >= 0.6 is 12.2 Å². The molecule has 24 heavy (non-hydrogen) atoms. The zero-order valence-corrected chi connectivity index (χ0v) is 14.6. The number of anilines is 2. The van der Waals surface area contributed by atoms with E-state index in [-0.39, 0.29) is 10.8 Å². The normalized spacial score (nSPS) is 10.1. The summed E-state index contributed by atoms with van der Waals surface area (Å²) in [5.74, 6) is 0.447. The lowest BCUT2D eigenvalue weighted by atomic mass is 10.1. The van der Waals surface area contributed by atoms with Gasteiger partial charge < -0.3 is 15.4 Å². The van der Waals surface area contributed by atoms with Crippen LogP contribution in [-0.4, -0.2) is 16.6 Å². The Balaban J connectivity index is 2.19. The molecule has 6 nitrogen and oxygen atoms in total. The van der Waals surface area contributed by atoms with Crippen LogP contribution in [0.15, 0.2) is 36.4 Å². The van der Waals surface area contributed by atoms with Crippen LogP contribution < -0.4 is 15.4 Å². The molecule has 0 saturated heterocycles. The molecule has 2 aromatic carbocycles. The Morgan fingerprint density at radius 3 is 2.58 bits per heavy atom. The van der Waals surface area contributed by atoms with E-state index in [4.69, 9.17) is 17.0 Å². The van der Waals surface area contributed by atoms with Crippen LogP contribution in [0.5, 0.6) is 5.75 Å². The van der Waals surface area contributed by atoms with Crippen LogP contribution in [0.3, 0.4) is 0 Å². The molecule has 0 atom stereocenters. The van der Waals surface area contributed by atoms with E-state index in [0.29, 0.717) is 18.0 Å². The zero-order valence-electron chi connectivity index (χ0n) is 13.8. The van der Waals surface area contributed by atoms with E-state index >= 15 is 0 Å². The zero-order chi connectivity index (χ0) is 17.7. The lowest BCUT2D eigenvalue weighted by Crippen LogP contribution is -2.20. The van der Waals surface area contributed by atoms with Crippen molar-refractivity contribution in [2.24, 2.45) is 0 Å². The van der Waals surface area contributed by atoms with Gasteiger partial charge in [0.2, 0.25) is 0 Å². The van der Waals surface area contributed by atoms with Crippen LogP contribution in [-0.2, 0) is 0 Å². The lowest BCUT2D eigenvalue weighted by molar-refractivity contribution is -0.384. The summed E-state index contributed by atoms with van der Waals surface area (Å²) in [6, 6.07) is 10.5. The number of nitrogens with zero attached hydrogens (tertiary/aromatic N) is 1. The maximum absolute atomic E-state index is 11.3. The van der Waals surface area contributed by atoms with E-state index < -0.39 is 4.92 Å². The van der Waals surface area contributed by atoms with Crippen molar-refractivity contribution in [1.29, 1.82) is 0 Å². The Hall–Kier alpha value is -2.67. The molecular weight excluding hydrogens is 326 g/mol. The highest BCUT2D eigenvalue weighted by Crippen LogP contribution is 2.29. The predicted molar refractivity (Wildman–Crippen MR) is 100 cm³/mol. The van der Waals surface area contributed by atoms with Gasteiger partial charge in [0.1, 0.15) is 11.4 Å². The fraction of sp³-hybridized carbons (Fsp3) is 0.235. The van der Waals surface area contributed by atoms with Crippen molar-refractivity contribution in [2.45, 2.75) is 20.8 Å². The average Bonchev–Trinajstić information content (AvgIpc) is 2.53. The molecule has 0 unspecified atom stereocenters. The molecule has 2 N–H and O–H groups in total. The van der Waals surface area contributed by atoms with E-state index in [9.17, 15) is 10.1 Å². The largest absolute Gasteiger partial charge is 0.494 e. The first-order valence-corrected chi connectivity index (χ1v) is 7.88. The number of aryl methyl sites for hydroxylation is 1. The predicted octanol–water partition coefficient (Wildman–Crippen LogP) is 4.42. The first-order valence-electron chi connectivity index (χ1n) is 7.47. The molecule has 0 amide bonds. The number of nitrogens with one attached hydrogen (secondary N) is 2. The van der Waals surface area contributed by atoms with Crippen molar-refractivity contribution >= 4 is 34.4 Å². The summed E-state index contributed by atoms with van der Waals surface area (Å²) < 4.78 is 5.30. The Morgan fingerprint density at radius 1 is 1.21 bits per heavy atom. The average molecular weight is 345 g/mol. The number of nitro groups is 1.